The predicted molar refractivity (Wildman–Crippen MR) is 101 cm³/mol. The zero-order valence-electron chi connectivity index (χ0n) is 14.5. The number of nitrogens with zero attached hydrogens (tertiary/aromatic N) is 2. The standard InChI is InChI=1S/C18H21N3O4S/c1-14-5-10-17(13-18(14)21(22)23)26(24,25)19-15-6-8-16(9-7-15)20-11-3-2-4-12-20/h5-10,13,19H,2-4,11-12H2,1H3. The third-order valence-electron chi connectivity index (χ3n) is 4.53. The fourth-order valence-corrected chi connectivity index (χ4v) is 4.14. The second-order valence-electron chi connectivity index (χ2n) is 6.41. The highest BCUT2D eigenvalue weighted by molar-refractivity contribution is 7.92. The molecule has 0 aliphatic carbocycles. The van der Waals surface area contributed by atoms with E-state index in [2.05, 4.69) is 9.62 Å². The summed E-state index contributed by atoms with van der Waals surface area (Å²) in [6, 6.07) is 11.1. The van der Waals surface area contributed by atoms with E-state index in [1.165, 1.54) is 31.4 Å². The van der Waals surface area contributed by atoms with Crippen LogP contribution < -0.4 is 9.62 Å². The molecule has 1 N–H and O–H groups in total. The van der Waals surface area contributed by atoms with Gasteiger partial charge < -0.3 is 4.90 Å². The van der Waals surface area contributed by atoms with Gasteiger partial charge in [-0.05, 0) is 56.5 Å². The zero-order chi connectivity index (χ0) is 18.7. The number of nitro groups is 1. The van der Waals surface area contributed by atoms with E-state index in [-0.39, 0.29) is 10.6 Å². The van der Waals surface area contributed by atoms with Gasteiger partial charge in [0.2, 0.25) is 0 Å². The topological polar surface area (TPSA) is 92.6 Å². The van der Waals surface area contributed by atoms with Crippen molar-refractivity contribution in [2.75, 3.05) is 22.7 Å². The predicted octanol–water partition coefficient (Wildman–Crippen LogP) is 3.69. The number of aryl methyl sites for hydroxylation is 1. The van der Waals surface area contributed by atoms with Gasteiger partial charge in [0.15, 0.2) is 0 Å². The molecule has 3 rings (SSSR count). The number of nitro benzene ring substituents is 1. The van der Waals surface area contributed by atoms with Crippen LogP contribution in [0, 0.1) is 17.0 Å². The Bertz CT molecular complexity index is 905. The first-order valence-corrected chi connectivity index (χ1v) is 9.98. The molecule has 0 amide bonds. The normalized spacial score (nSPS) is 14.9. The minimum Gasteiger partial charge on any atom is -0.372 e. The SMILES string of the molecule is Cc1ccc(S(=O)(=O)Nc2ccc(N3CCCCC3)cc2)cc1[N+](=O)[O-]. The molecule has 1 saturated heterocycles. The molecule has 138 valence electrons. The minimum absolute atomic E-state index is 0.130. The Kier molecular flexibility index (Phi) is 5.13. The number of sulfonamides is 1. The fraction of sp³-hybridized carbons (Fsp3) is 0.333. The Morgan fingerprint density at radius 2 is 1.69 bits per heavy atom. The summed E-state index contributed by atoms with van der Waals surface area (Å²) in [6.45, 7) is 3.59. The Morgan fingerprint density at radius 3 is 2.31 bits per heavy atom. The molecule has 2 aromatic carbocycles. The van der Waals surface area contributed by atoms with Crippen LogP contribution in [0.4, 0.5) is 17.1 Å². The van der Waals surface area contributed by atoms with Gasteiger partial charge in [-0.15, -0.1) is 0 Å². The van der Waals surface area contributed by atoms with E-state index >= 15 is 0 Å². The highest BCUT2D eigenvalue weighted by Gasteiger charge is 2.20. The maximum absolute atomic E-state index is 12.5. The lowest BCUT2D eigenvalue weighted by molar-refractivity contribution is -0.385. The van der Waals surface area contributed by atoms with Crippen LogP contribution in [0.5, 0.6) is 0 Å². The van der Waals surface area contributed by atoms with Crippen molar-refractivity contribution >= 4 is 27.1 Å². The Morgan fingerprint density at radius 1 is 1.04 bits per heavy atom. The first-order valence-electron chi connectivity index (χ1n) is 8.50. The Hall–Kier alpha value is -2.61. The summed E-state index contributed by atoms with van der Waals surface area (Å²) in [5.74, 6) is 0. The maximum atomic E-state index is 12.5. The number of hydrogen-bond acceptors (Lipinski definition) is 5. The molecule has 0 saturated carbocycles. The van der Waals surface area contributed by atoms with Crippen LogP contribution >= 0.6 is 0 Å². The molecule has 1 fully saturated rings. The first kappa shape index (κ1) is 18.2. The largest absolute Gasteiger partial charge is 0.372 e. The summed E-state index contributed by atoms with van der Waals surface area (Å²) in [5, 5.41) is 11.0. The Balaban J connectivity index is 1.79. The van der Waals surface area contributed by atoms with E-state index in [9.17, 15) is 18.5 Å². The monoisotopic (exact) mass is 375 g/mol. The fourth-order valence-electron chi connectivity index (χ4n) is 3.06. The van der Waals surface area contributed by atoms with Gasteiger partial charge in [-0.25, -0.2) is 8.42 Å². The van der Waals surface area contributed by atoms with Crippen LogP contribution in [0.2, 0.25) is 0 Å². The average molecular weight is 375 g/mol. The molecule has 0 atom stereocenters. The van der Waals surface area contributed by atoms with Crippen molar-refractivity contribution in [2.24, 2.45) is 0 Å². The van der Waals surface area contributed by atoms with Crippen LogP contribution in [0.25, 0.3) is 0 Å². The van der Waals surface area contributed by atoms with Gasteiger partial charge in [0.25, 0.3) is 15.7 Å². The second-order valence-corrected chi connectivity index (χ2v) is 8.09. The highest BCUT2D eigenvalue weighted by Crippen LogP contribution is 2.26. The quantitative estimate of drug-likeness (QED) is 0.635. The van der Waals surface area contributed by atoms with Crippen LogP contribution in [0.1, 0.15) is 24.8 Å². The number of piperidine rings is 1. The van der Waals surface area contributed by atoms with Gasteiger partial charge in [-0.1, -0.05) is 6.07 Å². The van der Waals surface area contributed by atoms with E-state index in [1.54, 1.807) is 19.1 Å². The van der Waals surface area contributed by atoms with Gasteiger partial charge in [0.05, 0.1) is 9.82 Å². The van der Waals surface area contributed by atoms with E-state index in [4.69, 9.17) is 0 Å². The van der Waals surface area contributed by atoms with E-state index in [0.717, 1.165) is 24.8 Å². The zero-order valence-corrected chi connectivity index (χ0v) is 15.3. The molecule has 0 radical (unpaired) electrons. The molecule has 8 heteroatoms. The van der Waals surface area contributed by atoms with Crippen molar-refractivity contribution in [1.29, 1.82) is 0 Å². The Labute approximate surface area is 152 Å². The molecule has 0 spiro atoms. The smallest absolute Gasteiger partial charge is 0.273 e. The number of hydrogen-bond donors (Lipinski definition) is 1. The average Bonchev–Trinajstić information content (AvgIpc) is 2.62. The van der Waals surface area contributed by atoms with Crippen LogP contribution in [-0.4, -0.2) is 26.4 Å². The molecular weight excluding hydrogens is 354 g/mol. The summed E-state index contributed by atoms with van der Waals surface area (Å²) >= 11 is 0. The van der Waals surface area contributed by atoms with Crippen molar-refractivity contribution in [3.8, 4) is 0 Å². The lowest BCUT2D eigenvalue weighted by atomic mass is 10.1. The van der Waals surface area contributed by atoms with Crippen LogP contribution in [0.3, 0.4) is 0 Å². The molecule has 26 heavy (non-hydrogen) atoms. The first-order chi connectivity index (χ1) is 12.4. The molecule has 1 heterocycles. The second kappa shape index (κ2) is 7.33. The van der Waals surface area contributed by atoms with E-state index in [0.29, 0.717) is 11.3 Å². The number of nitrogens with one attached hydrogen (secondary N) is 1. The molecule has 7 nitrogen and oxygen atoms in total. The number of benzene rings is 2. The summed E-state index contributed by atoms with van der Waals surface area (Å²) in [6.07, 6.45) is 3.58. The number of anilines is 2. The van der Waals surface area contributed by atoms with Crippen molar-refractivity contribution in [3.63, 3.8) is 0 Å². The van der Waals surface area contributed by atoms with E-state index in [1.807, 2.05) is 12.1 Å². The van der Waals surface area contributed by atoms with Gasteiger partial charge in [0.1, 0.15) is 0 Å². The molecular formula is C18H21N3O4S. The van der Waals surface area contributed by atoms with Crippen molar-refractivity contribution in [2.45, 2.75) is 31.1 Å². The van der Waals surface area contributed by atoms with Crippen molar-refractivity contribution in [3.05, 3.63) is 58.1 Å². The number of rotatable bonds is 5. The van der Waals surface area contributed by atoms with Crippen LogP contribution in [0.15, 0.2) is 47.4 Å². The highest BCUT2D eigenvalue weighted by atomic mass is 32.2. The molecule has 1 aliphatic rings. The lowest BCUT2D eigenvalue weighted by Gasteiger charge is -2.28. The van der Waals surface area contributed by atoms with Gasteiger partial charge in [-0.2, -0.15) is 0 Å². The molecule has 1 aliphatic heterocycles. The van der Waals surface area contributed by atoms with Gasteiger partial charge in [-0.3, -0.25) is 14.8 Å². The molecule has 2 aromatic rings. The van der Waals surface area contributed by atoms with Crippen LogP contribution in [-0.2, 0) is 10.0 Å². The molecule has 0 bridgehead atoms. The summed E-state index contributed by atoms with van der Waals surface area (Å²) in [5.41, 5.74) is 1.70. The summed E-state index contributed by atoms with van der Waals surface area (Å²) < 4.78 is 27.5. The maximum Gasteiger partial charge on any atom is 0.273 e. The minimum atomic E-state index is -3.89. The van der Waals surface area contributed by atoms with Crippen molar-refractivity contribution in [1.82, 2.24) is 0 Å². The van der Waals surface area contributed by atoms with Crippen molar-refractivity contribution < 1.29 is 13.3 Å². The third-order valence-corrected chi connectivity index (χ3v) is 5.91. The third kappa shape index (κ3) is 3.96. The summed E-state index contributed by atoms with van der Waals surface area (Å²) in [4.78, 5) is 12.6. The van der Waals surface area contributed by atoms with Gasteiger partial charge >= 0.3 is 0 Å². The summed E-state index contributed by atoms with van der Waals surface area (Å²) in [7, 11) is -3.89. The molecule has 0 unspecified atom stereocenters. The van der Waals surface area contributed by atoms with E-state index < -0.39 is 14.9 Å². The lowest BCUT2D eigenvalue weighted by Crippen LogP contribution is -2.29. The molecule has 0 aromatic heterocycles. The van der Waals surface area contributed by atoms with Gasteiger partial charge in [0, 0.05) is 36.1 Å².